The maximum Gasteiger partial charge on any atom is 0.309 e. The second kappa shape index (κ2) is 15.1. The van der Waals surface area contributed by atoms with Crippen molar-refractivity contribution in [2.24, 2.45) is 55.7 Å². The number of esters is 2. The highest BCUT2D eigenvalue weighted by molar-refractivity contribution is 6.01. The van der Waals surface area contributed by atoms with Gasteiger partial charge >= 0.3 is 17.9 Å². The molecule has 56 heavy (non-hydrogen) atoms. The number of hydrogen-bond acceptors (Lipinski definition) is 8. The van der Waals surface area contributed by atoms with Gasteiger partial charge in [0, 0.05) is 37.8 Å². The van der Waals surface area contributed by atoms with Gasteiger partial charge < -0.3 is 19.9 Å². The van der Waals surface area contributed by atoms with Gasteiger partial charge in [-0.05, 0) is 129 Å². The number of ether oxygens (including phenoxy) is 2. The van der Waals surface area contributed by atoms with Crippen LogP contribution in [-0.4, -0.2) is 59.3 Å². The van der Waals surface area contributed by atoms with Crippen molar-refractivity contribution < 1.29 is 33.8 Å². The van der Waals surface area contributed by atoms with Crippen LogP contribution in [0.4, 0.5) is 0 Å². The van der Waals surface area contributed by atoms with Crippen molar-refractivity contribution in [3.05, 3.63) is 47.0 Å². The van der Waals surface area contributed by atoms with E-state index in [1.807, 2.05) is 31.3 Å². The van der Waals surface area contributed by atoms with Crippen molar-refractivity contribution in [2.45, 2.75) is 158 Å². The summed E-state index contributed by atoms with van der Waals surface area (Å²) in [5.41, 5.74) is 0.910. The quantitative estimate of drug-likeness (QED) is 0.159. The number of aliphatic carboxylic acids is 1. The molecule has 1 aromatic carbocycles. The molecule has 0 bridgehead atoms. The van der Waals surface area contributed by atoms with E-state index in [0.717, 1.165) is 56.1 Å². The number of carboxylic acids is 1. The molecule has 5 aliphatic rings. The molecule has 5 aliphatic carbocycles. The molecule has 4 saturated carbocycles. The normalized spacial score (nSPS) is 37.4. The van der Waals surface area contributed by atoms with Crippen LogP contribution in [0.5, 0.6) is 0 Å². The number of nitrogens with zero attached hydrogens (tertiary/aromatic N) is 1. The Morgan fingerprint density at radius 1 is 0.982 bits per heavy atom. The van der Waals surface area contributed by atoms with Gasteiger partial charge in [0.25, 0.3) is 0 Å². The van der Waals surface area contributed by atoms with Crippen molar-refractivity contribution in [2.75, 3.05) is 6.54 Å². The number of nitrogens with one attached hydrogen (secondary N) is 1. The second-order valence-corrected chi connectivity index (χ2v) is 19.9. The summed E-state index contributed by atoms with van der Waals surface area (Å²) in [6.45, 7) is 21.7. The standard InChI is InChI=1S/C47H68N2O7/c1-11-49-47-24-22-44(9)36(45(47,10)20-19-35(30(47)4)56-38(52)26-42(6,7)41(53)54)18-17-33-40-39(29(2)3)34(51)25-46(40,23-21-43(33,44)8)37(55-31(5)50)28-48-27-32-15-13-12-14-16-32/h11-16,29-30,33,35-37,48H,17-28H2,1-10H3,(H,53,54). The number of rotatable bonds is 12. The zero-order valence-electron chi connectivity index (χ0n) is 35.8. The predicted molar refractivity (Wildman–Crippen MR) is 218 cm³/mol. The Hall–Kier alpha value is -3.33. The Labute approximate surface area is 335 Å². The lowest BCUT2D eigenvalue weighted by molar-refractivity contribution is -0.225. The van der Waals surface area contributed by atoms with Crippen LogP contribution >= 0.6 is 0 Å². The number of fused-ring (bicyclic) bond motifs is 7. The second-order valence-electron chi connectivity index (χ2n) is 19.9. The minimum absolute atomic E-state index is 0.0426. The molecular weight excluding hydrogens is 705 g/mol. The highest BCUT2D eigenvalue weighted by atomic mass is 16.5. The van der Waals surface area contributed by atoms with Crippen LogP contribution in [-0.2, 0) is 35.2 Å². The summed E-state index contributed by atoms with van der Waals surface area (Å²) in [7, 11) is 0. The third-order valence-corrected chi connectivity index (χ3v) is 16.5. The first-order valence-corrected chi connectivity index (χ1v) is 21.4. The first-order valence-electron chi connectivity index (χ1n) is 21.4. The number of carbonyl (C=O) groups excluding carboxylic acids is 3. The lowest BCUT2D eigenvalue weighted by Gasteiger charge is -2.73. The Balaban J connectivity index is 1.34. The fourth-order valence-corrected chi connectivity index (χ4v) is 13.4. The summed E-state index contributed by atoms with van der Waals surface area (Å²) in [6.07, 6.45) is 8.46. The SMILES string of the molecule is CC=NC12CCC3(C)C(CCC4C5=C(C(C)C)C(=O)CC5(C(CNCc5ccccc5)OC(C)=O)CCC43C)C1(C)CCC(OC(=O)CC(C)(C)C(=O)O)C2C. The number of benzene rings is 1. The topological polar surface area (TPSA) is 131 Å². The van der Waals surface area contributed by atoms with Gasteiger partial charge in [0.15, 0.2) is 5.78 Å². The van der Waals surface area contributed by atoms with Crippen LogP contribution < -0.4 is 5.32 Å². The molecule has 4 fully saturated rings. The van der Waals surface area contributed by atoms with E-state index in [9.17, 15) is 24.3 Å². The van der Waals surface area contributed by atoms with Gasteiger partial charge in [0.1, 0.15) is 12.2 Å². The Bertz CT molecular complexity index is 1770. The number of aliphatic imine (C=N–C) groups is 1. The largest absolute Gasteiger partial charge is 0.481 e. The van der Waals surface area contributed by atoms with Crippen LogP contribution in [0.25, 0.3) is 0 Å². The first-order chi connectivity index (χ1) is 26.2. The molecule has 2 N–H and O–H groups in total. The molecule has 0 saturated heterocycles. The van der Waals surface area contributed by atoms with E-state index in [4.69, 9.17) is 14.5 Å². The number of ketones is 1. The van der Waals surface area contributed by atoms with E-state index in [-0.39, 0.29) is 58.3 Å². The summed E-state index contributed by atoms with van der Waals surface area (Å²) in [5, 5.41) is 13.3. The third-order valence-electron chi connectivity index (χ3n) is 16.5. The van der Waals surface area contributed by atoms with Gasteiger partial charge in [-0.3, -0.25) is 24.2 Å². The fraction of sp³-hybridized carbons (Fsp3) is 0.723. The molecule has 6 rings (SSSR count). The molecule has 0 spiro atoms. The van der Waals surface area contributed by atoms with Gasteiger partial charge in [-0.1, -0.05) is 71.9 Å². The zero-order chi connectivity index (χ0) is 41.1. The van der Waals surface area contributed by atoms with Crippen LogP contribution in [0.15, 0.2) is 46.5 Å². The zero-order valence-corrected chi connectivity index (χ0v) is 35.8. The monoisotopic (exact) mass is 773 g/mol. The average molecular weight is 773 g/mol. The average Bonchev–Trinajstić information content (AvgIpc) is 3.44. The molecule has 0 heterocycles. The number of carbonyl (C=O) groups is 4. The smallest absolute Gasteiger partial charge is 0.309 e. The van der Waals surface area contributed by atoms with Crippen molar-refractivity contribution >= 4 is 29.9 Å². The molecule has 10 unspecified atom stereocenters. The molecule has 1 aromatic rings. The highest BCUT2D eigenvalue weighted by Gasteiger charge is 2.73. The van der Waals surface area contributed by atoms with E-state index in [2.05, 4.69) is 59.0 Å². The molecule has 0 aliphatic heterocycles. The first kappa shape index (κ1) is 42.3. The lowest BCUT2D eigenvalue weighted by Crippen LogP contribution is -2.70. The fourth-order valence-electron chi connectivity index (χ4n) is 13.4. The van der Waals surface area contributed by atoms with Crippen LogP contribution in [0.2, 0.25) is 0 Å². The minimum Gasteiger partial charge on any atom is -0.481 e. The Morgan fingerprint density at radius 3 is 2.29 bits per heavy atom. The van der Waals surface area contributed by atoms with Gasteiger partial charge in [0.05, 0.1) is 17.4 Å². The van der Waals surface area contributed by atoms with E-state index in [1.54, 1.807) is 13.8 Å². The highest BCUT2D eigenvalue weighted by Crippen LogP contribution is 2.77. The number of allylic oxidation sites excluding steroid dienone is 1. The number of carboxylic acid groups (broad SMARTS) is 1. The van der Waals surface area contributed by atoms with Gasteiger partial charge in [-0.25, -0.2) is 0 Å². The molecule has 308 valence electrons. The molecule has 0 radical (unpaired) electrons. The van der Waals surface area contributed by atoms with Gasteiger partial charge in [-0.15, -0.1) is 0 Å². The lowest BCUT2D eigenvalue weighted by atomic mass is 9.32. The van der Waals surface area contributed by atoms with E-state index in [0.29, 0.717) is 31.8 Å². The molecule has 9 heteroatoms. The van der Waals surface area contributed by atoms with Gasteiger partial charge in [0.2, 0.25) is 0 Å². The van der Waals surface area contributed by atoms with E-state index >= 15 is 0 Å². The Kier molecular flexibility index (Phi) is 11.4. The third kappa shape index (κ3) is 6.60. The summed E-state index contributed by atoms with van der Waals surface area (Å²) < 4.78 is 12.5. The summed E-state index contributed by atoms with van der Waals surface area (Å²) in [5.74, 6) is -1.01. The molecular formula is C47H68N2O7. The van der Waals surface area contributed by atoms with Crippen LogP contribution in [0.3, 0.4) is 0 Å². The number of hydrogen-bond donors (Lipinski definition) is 2. The van der Waals surface area contributed by atoms with Crippen molar-refractivity contribution in [1.82, 2.24) is 5.32 Å². The predicted octanol–water partition coefficient (Wildman–Crippen LogP) is 8.92. The van der Waals surface area contributed by atoms with Gasteiger partial charge in [-0.2, -0.15) is 0 Å². The van der Waals surface area contributed by atoms with Crippen LogP contribution in [0, 0.1) is 50.7 Å². The summed E-state index contributed by atoms with van der Waals surface area (Å²) in [4.78, 5) is 57.6. The molecule has 0 amide bonds. The van der Waals surface area contributed by atoms with Crippen LogP contribution in [0.1, 0.15) is 139 Å². The molecule has 10 atom stereocenters. The summed E-state index contributed by atoms with van der Waals surface area (Å²) in [6, 6.07) is 10.2. The van der Waals surface area contributed by atoms with E-state index in [1.165, 1.54) is 12.5 Å². The Morgan fingerprint density at radius 2 is 1.66 bits per heavy atom. The number of Topliss-reactive ketones (excluding diaryl/α,β-unsaturated/α-hetero) is 1. The van der Waals surface area contributed by atoms with Crippen molar-refractivity contribution in [3.8, 4) is 0 Å². The minimum atomic E-state index is -1.20. The maximum absolute atomic E-state index is 14.3. The maximum atomic E-state index is 14.3. The molecule has 9 nitrogen and oxygen atoms in total. The van der Waals surface area contributed by atoms with Crippen molar-refractivity contribution in [3.63, 3.8) is 0 Å². The van der Waals surface area contributed by atoms with E-state index < -0.39 is 34.4 Å². The molecule has 0 aromatic heterocycles. The van der Waals surface area contributed by atoms with Crippen molar-refractivity contribution in [1.29, 1.82) is 0 Å². The summed E-state index contributed by atoms with van der Waals surface area (Å²) >= 11 is 0.